The molecule has 0 spiro atoms. The lowest BCUT2D eigenvalue weighted by molar-refractivity contribution is -0.687. The molecule has 0 aliphatic rings. The van der Waals surface area contributed by atoms with Crippen LogP contribution in [0.15, 0.2) is 128 Å². The fraction of sp³-hybridized carbons (Fsp3) is 0.0588. The molecule has 0 atom stereocenters. The van der Waals surface area contributed by atoms with Gasteiger partial charge in [0.1, 0.15) is 25.5 Å². The zero-order chi connectivity index (χ0) is 25.9. The normalized spacial score (nSPS) is 11.1. The molecule has 0 aliphatic carbocycles. The van der Waals surface area contributed by atoms with Crippen LogP contribution in [-0.4, -0.2) is 11.0 Å². The molecule has 0 N–H and O–H groups in total. The van der Waals surface area contributed by atoms with E-state index in [-0.39, 0.29) is 0 Å². The Balaban J connectivity index is 0.000000843. The summed E-state index contributed by atoms with van der Waals surface area (Å²) in [6, 6.07) is 39.5. The minimum absolute atomic E-state index is 0.500. The molecule has 0 aliphatic heterocycles. The minimum atomic E-state index is -0.500. The third-order valence-corrected chi connectivity index (χ3v) is 7.19. The Morgan fingerprint density at radius 1 is 0.632 bits per heavy atom. The molecule has 0 saturated carbocycles. The summed E-state index contributed by atoms with van der Waals surface area (Å²) >= 11 is 0. The molecule has 7 rings (SSSR count). The molecule has 0 saturated heterocycles. The SMILES string of the molecule is O=C[O-].c1ccc2c(Cn3cc[n+](Cc4c5ccccc5cc5ccccc45)c3)c3ccccc3cc2c1. The number of hydrogen-bond donors (Lipinski definition) is 0. The van der Waals surface area contributed by atoms with E-state index >= 15 is 0 Å². The van der Waals surface area contributed by atoms with Crippen molar-refractivity contribution in [2.75, 3.05) is 0 Å². The lowest BCUT2D eigenvalue weighted by Gasteiger charge is -2.10. The molecular weight excluding hydrogens is 468 g/mol. The summed E-state index contributed by atoms with van der Waals surface area (Å²) in [6.45, 7) is 1.18. The number of nitrogens with zero attached hydrogens (tertiary/aromatic N) is 2. The van der Waals surface area contributed by atoms with Crippen molar-refractivity contribution in [1.29, 1.82) is 0 Å². The molecule has 0 unspecified atom stereocenters. The summed E-state index contributed by atoms with van der Waals surface area (Å²) in [5, 5.41) is 18.7. The van der Waals surface area contributed by atoms with E-state index in [4.69, 9.17) is 9.90 Å². The summed E-state index contributed by atoms with van der Waals surface area (Å²) in [6.07, 6.45) is 6.64. The summed E-state index contributed by atoms with van der Waals surface area (Å²) in [4.78, 5) is 8.25. The van der Waals surface area contributed by atoms with Crippen molar-refractivity contribution >= 4 is 49.6 Å². The Hall–Kier alpha value is -4.96. The van der Waals surface area contributed by atoms with E-state index in [1.807, 2.05) is 0 Å². The van der Waals surface area contributed by atoms with Crippen LogP contribution >= 0.6 is 0 Å². The summed E-state index contributed by atoms with van der Waals surface area (Å²) < 4.78 is 4.61. The molecule has 0 fully saturated rings. The third kappa shape index (κ3) is 4.37. The van der Waals surface area contributed by atoms with Crippen LogP contribution in [0.4, 0.5) is 0 Å². The van der Waals surface area contributed by atoms with Crippen LogP contribution in [0, 0.1) is 0 Å². The molecule has 1 aromatic heterocycles. The molecule has 0 radical (unpaired) electrons. The highest BCUT2D eigenvalue weighted by molar-refractivity contribution is 6.03. The second-order valence-electron chi connectivity index (χ2n) is 9.45. The average molecular weight is 495 g/mol. The van der Waals surface area contributed by atoms with E-state index in [0.29, 0.717) is 0 Å². The lowest BCUT2D eigenvalue weighted by Crippen LogP contribution is -2.31. The van der Waals surface area contributed by atoms with Crippen molar-refractivity contribution < 1.29 is 14.5 Å². The van der Waals surface area contributed by atoms with E-state index in [1.165, 1.54) is 54.2 Å². The minimum Gasteiger partial charge on any atom is -0.554 e. The Labute approximate surface area is 220 Å². The molecule has 0 amide bonds. The van der Waals surface area contributed by atoms with E-state index in [9.17, 15) is 0 Å². The maximum absolute atomic E-state index is 8.25. The number of imidazole rings is 1. The summed E-state index contributed by atoms with van der Waals surface area (Å²) in [7, 11) is 0. The highest BCUT2D eigenvalue weighted by atomic mass is 16.3. The van der Waals surface area contributed by atoms with Crippen LogP contribution in [0.3, 0.4) is 0 Å². The molecule has 1 heterocycles. The van der Waals surface area contributed by atoms with Gasteiger partial charge in [0.2, 0.25) is 6.33 Å². The predicted molar refractivity (Wildman–Crippen MR) is 152 cm³/mol. The van der Waals surface area contributed by atoms with Crippen LogP contribution in [0.1, 0.15) is 11.1 Å². The predicted octanol–water partition coefficient (Wildman–Crippen LogP) is 5.85. The second kappa shape index (κ2) is 10.2. The van der Waals surface area contributed by atoms with Gasteiger partial charge in [0.25, 0.3) is 0 Å². The van der Waals surface area contributed by atoms with Gasteiger partial charge in [-0.05, 0) is 55.2 Å². The van der Waals surface area contributed by atoms with Crippen molar-refractivity contribution in [1.82, 2.24) is 4.57 Å². The Bertz CT molecular complexity index is 1680. The van der Waals surface area contributed by atoms with E-state index in [0.717, 1.165) is 13.1 Å². The number of aromatic nitrogens is 2. The van der Waals surface area contributed by atoms with Crippen molar-refractivity contribution in [2.24, 2.45) is 0 Å². The molecule has 0 bridgehead atoms. The Morgan fingerprint density at radius 3 is 1.47 bits per heavy atom. The number of carbonyl (C=O) groups excluding carboxylic acids is 1. The van der Waals surface area contributed by atoms with E-state index in [2.05, 4.69) is 137 Å². The van der Waals surface area contributed by atoms with Crippen molar-refractivity contribution in [2.45, 2.75) is 13.1 Å². The summed E-state index contributed by atoms with van der Waals surface area (Å²) in [5.41, 5.74) is 2.74. The molecule has 4 heteroatoms. The lowest BCUT2D eigenvalue weighted by atomic mass is 9.96. The zero-order valence-corrected chi connectivity index (χ0v) is 20.8. The fourth-order valence-electron chi connectivity index (χ4n) is 5.55. The smallest absolute Gasteiger partial charge is 0.244 e. The van der Waals surface area contributed by atoms with Crippen molar-refractivity contribution in [3.05, 3.63) is 139 Å². The largest absolute Gasteiger partial charge is 0.554 e. The maximum Gasteiger partial charge on any atom is 0.244 e. The second-order valence-corrected chi connectivity index (χ2v) is 9.45. The fourth-order valence-corrected chi connectivity index (χ4v) is 5.55. The number of carbonyl (C=O) groups is 1. The van der Waals surface area contributed by atoms with Gasteiger partial charge < -0.3 is 9.90 Å². The van der Waals surface area contributed by atoms with Crippen LogP contribution in [0.25, 0.3) is 43.1 Å². The number of benzene rings is 6. The number of fused-ring (bicyclic) bond motifs is 4. The van der Waals surface area contributed by atoms with Crippen molar-refractivity contribution in [3.8, 4) is 0 Å². The van der Waals surface area contributed by atoms with Gasteiger partial charge in [-0.15, -0.1) is 0 Å². The Morgan fingerprint density at radius 2 is 1.03 bits per heavy atom. The quantitative estimate of drug-likeness (QED) is 0.175. The van der Waals surface area contributed by atoms with Crippen LogP contribution < -0.4 is 9.67 Å². The molecule has 184 valence electrons. The van der Waals surface area contributed by atoms with Gasteiger partial charge in [-0.1, -0.05) is 97.1 Å². The number of hydrogen-bond acceptors (Lipinski definition) is 2. The molecule has 38 heavy (non-hydrogen) atoms. The monoisotopic (exact) mass is 494 g/mol. The van der Waals surface area contributed by atoms with Gasteiger partial charge in [0, 0.05) is 17.6 Å². The highest BCUT2D eigenvalue weighted by Crippen LogP contribution is 2.30. The first kappa shape index (κ1) is 23.4. The van der Waals surface area contributed by atoms with Gasteiger partial charge in [-0.25, -0.2) is 9.13 Å². The molecule has 7 aromatic rings. The molecular formula is C34H26N2O2. The van der Waals surface area contributed by atoms with E-state index in [1.54, 1.807) is 0 Å². The third-order valence-electron chi connectivity index (χ3n) is 7.19. The van der Waals surface area contributed by atoms with Gasteiger partial charge in [-0.2, -0.15) is 0 Å². The molecule has 4 nitrogen and oxygen atoms in total. The Kier molecular flexibility index (Phi) is 6.29. The zero-order valence-electron chi connectivity index (χ0n) is 20.8. The average Bonchev–Trinajstić information content (AvgIpc) is 3.40. The standard InChI is InChI=1S/C33H25N2.CH2O2/c1-5-13-28-24(9-1)19-25-10-2-6-14-29(25)32(28)21-34-17-18-35(23-34)22-33-30-15-7-3-11-26(30)20-27-12-4-8-16-31(27)33;2-1-3/h1-20,23H,21-22H2;1H,(H,2,3)/q+1;/p-1. The van der Waals surface area contributed by atoms with Gasteiger partial charge in [0.15, 0.2) is 0 Å². The summed E-state index contributed by atoms with van der Waals surface area (Å²) in [5.74, 6) is 0. The topological polar surface area (TPSA) is 48.9 Å². The van der Waals surface area contributed by atoms with Gasteiger partial charge in [-0.3, -0.25) is 0 Å². The van der Waals surface area contributed by atoms with Gasteiger partial charge >= 0.3 is 0 Å². The van der Waals surface area contributed by atoms with E-state index < -0.39 is 6.47 Å². The first-order valence-electron chi connectivity index (χ1n) is 12.6. The van der Waals surface area contributed by atoms with Crippen LogP contribution in [0.2, 0.25) is 0 Å². The van der Waals surface area contributed by atoms with Crippen LogP contribution in [0.5, 0.6) is 0 Å². The van der Waals surface area contributed by atoms with Crippen LogP contribution in [-0.2, 0) is 17.9 Å². The first-order valence-corrected chi connectivity index (χ1v) is 12.6. The first-order chi connectivity index (χ1) is 18.7. The number of rotatable bonds is 4. The molecule has 6 aromatic carbocycles. The van der Waals surface area contributed by atoms with Crippen molar-refractivity contribution in [3.63, 3.8) is 0 Å². The maximum atomic E-state index is 8.25. The number of carboxylic acid groups (broad SMARTS) is 1. The highest BCUT2D eigenvalue weighted by Gasteiger charge is 2.14. The van der Waals surface area contributed by atoms with Gasteiger partial charge in [0.05, 0.1) is 0 Å².